The van der Waals surface area contributed by atoms with Gasteiger partial charge in [-0.3, -0.25) is 9.53 Å². The quantitative estimate of drug-likeness (QED) is 0.607. The maximum absolute atomic E-state index is 12.3. The first-order valence-electron chi connectivity index (χ1n) is 9.54. The molecule has 1 saturated carbocycles. The smallest absolute Gasteiger partial charge is 0.421 e. The van der Waals surface area contributed by atoms with Crippen molar-refractivity contribution in [1.82, 2.24) is 25.5 Å². The Kier molecular flexibility index (Phi) is 5.68. The van der Waals surface area contributed by atoms with Crippen LogP contribution in [0.1, 0.15) is 47.6 Å². The van der Waals surface area contributed by atoms with Gasteiger partial charge in [-0.1, -0.05) is 24.8 Å². The third-order valence-electron chi connectivity index (χ3n) is 4.89. The van der Waals surface area contributed by atoms with Crippen LogP contribution in [-0.2, 0) is 4.74 Å². The summed E-state index contributed by atoms with van der Waals surface area (Å²) < 4.78 is 46.1. The number of rotatable bonds is 7. The molecular weight excluding hydrogens is 415 g/mol. The van der Waals surface area contributed by atoms with Crippen molar-refractivity contribution in [3.63, 3.8) is 0 Å². The largest absolute Gasteiger partial charge is 0.522 e. The fourth-order valence-electron chi connectivity index (χ4n) is 3.19. The SMILES string of the molecule is C=C(CCNC(=O)c1ncc2ccccc2n1)c1nnc([C@H]2C[C@@H](OC(F)(F)F)C2)o1. The molecule has 162 valence electrons. The van der Waals surface area contributed by atoms with Crippen molar-refractivity contribution in [3.8, 4) is 0 Å². The molecule has 0 aliphatic heterocycles. The highest BCUT2D eigenvalue weighted by molar-refractivity contribution is 5.92. The summed E-state index contributed by atoms with van der Waals surface area (Å²) in [5.41, 5.74) is 1.17. The number of para-hydroxylation sites is 1. The number of carbonyl (C=O) groups excluding carboxylic acids is 1. The van der Waals surface area contributed by atoms with Crippen LogP contribution in [0.15, 0.2) is 41.5 Å². The van der Waals surface area contributed by atoms with Crippen LogP contribution in [0.3, 0.4) is 0 Å². The molecular formula is C20H18F3N5O3. The molecule has 1 N–H and O–H groups in total. The lowest BCUT2D eigenvalue weighted by Crippen LogP contribution is -2.34. The van der Waals surface area contributed by atoms with E-state index in [1.165, 1.54) is 0 Å². The van der Waals surface area contributed by atoms with E-state index >= 15 is 0 Å². The number of halogens is 3. The van der Waals surface area contributed by atoms with Crippen LogP contribution < -0.4 is 5.32 Å². The summed E-state index contributed by atoms with van der Waals surface area (Å²) in [5.74, 6) is -0.190. The van der Waals surface area contributed by atoms with Crippen molar-refractivity contribution in [2.75, 3.05) is 6.54 Å². The van der Waals surface area contributed by atoms with Crippen molar-refractivity contribution in [3.05, 3.63) is 54.6 Å². The van der Waals surface area contributed by atoms with Gasteiger partial charge in [-0.15, -0.1) is 23.4 Å². The van der Waals surface area contributed by atoms with Gasteiger partial charge in [-0.2, -0.15) is 0 Å². The zero-order valence-electron chi connectivity index (χ0n) is 16.2. The lowest BCUT2D eigenvalue weighted by molar-refractivity contribution is -0.352. The second kappa shape index (κ2) is 8.42. The van der Waals surface area contributed by atoms with Gasteiger partial charge >= 0.3 is 6.36 Å². The Labute approximate surface area is 174 Å². The highest BCUT2D eigenvalue weighted by Gasteiger charge is 2.42. The minimum Gasteiger partial charge on any atom is -0.421 e. The van der Waals surface area contributed by atoms with Gasteiger partial charge in [0.2, 0.25) is 17.6 Å². The van der Waals surface area contributed by atoms with Gasteiger partial charge < -0.3 is 9.73 Å². The summed E-state index contributed by atoms with van der Waals surface area (Å²) >= 11 is 0. The number of fused-ring (bicyclic) bond motifs is 1. The maximum Gasteiger partial charge on any atom is 0.522 e. The summed E-state index contributed by atoms with van der Waals surface area (Å²) in [6, 6.07) is 7.33. The van der Waals surface area contributed by atoms with Crippen LogP contribution in [0.2, 0.25) is 0 Å². The molecule has 1 aromatic carbocycles. The number of aromatic nitrogens is 4. The van der Waals surface area contributed by atoms with E-state index in [4.69, 9.17) is 4.42 Å². The molecule has 0 atom stereocenters. The molecule has 3 aromatic rings. The lowest BCUT2D eigenvalue weighted by Gasteiger charge is -2.32. The number of carbonyl (C=O) groups is 1. The van der Waals surface area contributed by atoms with Crippen LogP contribution in [0.5, 0.6) is 0 Å². The number of alkyl halides is 3. The fraction of sp³-hybridized carbons (Fsp3) is 0.350. The van der Waals surface area contributed by atoms with Crippen molar-refractivity contribution >= 4 is 22.4 Å². The predicted molar refractivity (Wildman–Crippen MR) is 103 cm³/mol. The molecule has 0 saturated heterocycles. The highest BCUT2D eigenvalue weighted by atomic mass is 19.4. The standard InChI is InChI=1S/C20H18F3N5O3/c1-11(18-27-28-19(30-18)13-8-14(9-13)31-20(21,22)23)6-7-24-17(29)16-25-10-12-4-2-3-5-15(12)26-16/h2-5,10,13-14H,1,6-9H2,(H,24,29)/t13-,14+. The molecule has 2 aromatic heterocycles. The summed E-state index contributed by atoms with van der Waals surface area (Å²) in [6.07, 6.45) is -3.29. The Morgan fingerprint density at radius 1 is 1.26 bits per heavy atom. The molecule has 4 rings (SSSR count). The third kappa shape index (κ3) is 5.05. The Bertz CT molecular complexity index is 1110. The Balaban J connectivity index is 1.25. The number of hydrogen-bond acceptors (Lipinski definition) is 7. The van der Waals surface area contributed by atoms with Crippen molar-refractivity contribution < 1.29 is 27.1 Å². The molecule has 0 spiro atoms. The number of nitrogens with zero attached hydrogens (tertiary/aromatic N) is 4. The Hall–Kier alpha value is -3.34. The van der Waals surface area contributed by atoms with E-state index in [-0.39, 0.29) is 42.9 Å². The van der Waals surface area contributed by atoms with Gasteiger partial charge in [0.15, 0.2) is 0 Å². The molecule has 8 nitrogen and oxygen atoms in total. The van der Waals surface area contributed by atoms with Gasteiger partial charge in [0.1, 0.15) is 0 Å². The fourth-order valence-corrected chi connectivity index (χ4v) is 3.19. The lowest BCUT2D eigenvalue weighted by atomic mass is 9.82. The molecule has 1 fully saturated rings. The minimum atomic E-state index is -4.65. The summed E-state index contributed by atoms with van der Waals surface area (Å²) in [5, 5.41) is 11.3. The minimum absolute atomic E-state index is 0.0602. The Morgan fingerprint density at radius 2 is 2.03 bits per heavy atom. The van der Waals surface area contributed by atoms with E-state index in [1.807, 2.05) is 18.2 Å². The maximum atomic E-state index is 12.3. The van der Waals surface area contributed by atoms with Crippen molar-refractivity contribution in [2.24, 2.45) is 0 Å². The van der Waals surface area contributed by atoms with Crippen LogP contribution in [-0.4, -0.2) is 45.1 Å². The van der Waals surface area contributed by atoms with E-state index in [2.05, 4.69) is 36.8 Å². The number of hydrogen-bond donors (Lipinski definition) is 1. The third-order valence-corrected chi connectivity index (χ3v) is 4.89. The van der Waals surface area contributed by atoms with Gasteiger partial charge in [0, 0.05) is 29.6 Å². The van der Waals surface area contributed by atoms with E-state index in [1.54, 1.807) is 12.3 Å². The van der Waals surface area contributed by atoms with Gasteiger partial charge in [-0.05, 0) is 25.3 Å². The highest BCUT2D eigenvalue weighted by Crippen LogP contribution is 2.41. The average molecular weight is 433 g/mol. The van der Waals surface area contributed by atoms with E-state index < -0.39 is 18.4 Å². The van der Waals surface area contributed by atoms with Crippen LogP contribution in [0, 0.1) is 0 Å². The van der Waals surface area contributed by atoms with Gasteiger partial charge in [-0.25, -0.2) is 9.97 Å². The summed E-state index contributed by atoms with van der Waals surface area (Å²) in [6.45, 7) is 4.11. The van der Waals surface area contributed by atoms with E-state index in [9.17, 15) is 18.0 Å². The number of nitrogens with one attached hydrogen (secondary N) is 1. The molecule has 1 aliphatic carbocycles. The zero-order valence-corrected chi connectivity index (χ0v) is 16.2. The first-order valence-corrected chi connectivity index (χ1v) is 9.54. The van der Waals surface area contributed by atoms with Gasteiger partial charge in [0.05, 0.1) is 11.6 Å². The van der Waals surface area contributed by atoms with Crippen LogP contribution in [0.25, 0.3) is 16.5 Å². The molecule has 2 heterocycles. The summed E-state index contributed by atoms with van der Waals surface area (Å²) in [4.78, 5) is 20.6. The van der Waals surface area contributed by atoms with E-state index in [0.29, 0.717) is 17.5 Å². The van der Waals surface area contributed by atoms with Crippen molar-refractivity contribution in [2.45, 2.75) is 37.6 Å². The number of benzene rings is 1. The van der Waals surface area contributed by atoms with Crippen LogP contribution >= 0.6 is 0 Å². The monoisotopic (exact) mass is 433 g/mol. The Morgan fingerprint density at radius 3 is 2.81 bits per heavy atom. The summed E-state index contributed by atoms with van der Waals surface area (Å²) in [7, 11) is 0. The second-order valence-corrected chi connectivity index (χ2v) is 7.16. The van der Waals surface area contributed by atoms with Gasteiger partial charge in [0.25, 0.3) is 5.91 Å². The molecule has 1 amide bonds. The normalized spacial score (nSPS) is 18.5. The average Bonchev–Trinajstić information content (AvgIpc) is 3.19. The topological polar surface area (TPSA) is 103 Å². The van der Waals surface area contributed by atoms with Crippen LogP contribution in [0.4, 0.5) is 13.2 Å². The molecule has 0 unspecified atom stereocenters. The molecule has 0 bridgehead atoms. The molecule has 31 heavy (non-hydrogen) atoms. The molecule has 1 aliphatic rings. The predicted octanol–water partition coefficient (Wildman–Crippen LogP) is 3.63. The molecule has 0 radical (unpaired) electrons. The second-order valence-electron chi connectivity index (χ2n) is 7.16. The van der Waals surface area contributed by atoms with E-state index in [0.717, 1.165) is 5.39 Å². The number of amides is 1. The van der Waals surface area contributed by atoms with Crippen molar-refractivity contribution in [1.29, 1.82) is 0 Å². The number of ether oxygens (including phenoxy) is 1. The first-order chi connectivity index (χ1) is 14.8. The zero-order chi connectivity index (χ0) is 22.0. The first kappa shape index (κ1) is 20.9. The molecule has 11 heteroatoms.